The molecule has 0 N–H and O–H groups in total. The van der Waals surface area contributed by atoms with Crippen LogP contribution in [0.25, 0.3) is 54.6 Å². The van der Waals surface area contributed by atoms with E-state index in [1.165, 1.54) is 66.1 Å². The summed E-state index contributed by atoms with van der Waals surface area (Å²) in [6, 6.07) is 86.8. The fourth-order valence-electron chi connectivity index (χ4n) is 11.5. The van der Waals surface area contributed by atoms with Crippen LogP contribution in [0.1, 0.15) is 33.4 Å². The van der Waals surface area contributed by atoms with Gasteiger partial charge in [-0.05, 0) is 150 Å². The summed E-state index contributed by atoms with van der Waals surface area (Å²) in [5.74, 6) is 0. The number of hydrogen-bond donors (Lipinski definition) is 0. The van der Waals surface area contributed by atoms with Crippen molar-refractivity contribution in [1.29, 1.82) is 10.5 Å². The van der Waals surface area contributed by atoms with Crippen molar-refractivity contribution >= 4 is 66.4 Å². The smallest absolute Gasteiger partial charge is 0.0992 e. The first-order chi connectivity index (χ1) is 33.2. The zero-order valence-corrected chi connectivity index (χ0v) is 36.2. The molecule has 0 unspecified atom stereocenters. The molecule has 4 heteroatoms. The molecule has 0 fully saturated rings. The van der Waals surface area contributed by atoms with Gasteiger partial charge in [0, 0.05) is 33.8 Å². The molecule has 310 valence electrons. The molecule has 1 spiro atoms. The van der Waals surface area contributed by atoms with Gasteiger partial charge in [-0.25, -0.2) is 0 Å². The molecule has 0 aliphatic heterocycles. The Morgan fingerprint density at radius 2 is 0.791 bits per heavy atom. The van der Waals surface area contributed by atoms with E-state index < -0.39 is 5.41 Å². The first kappa shape index (κ1) is 38.3. The van der Waals surface area contributed by atoms with Gasteiger partial charge in [-0.15, -0.1) is 0 Å². The number of nitriles is 2. The quantitative estimate of drug-likeness (QED) is 0.156. The predicted molar refractivity (Wildman–Crippen MR) is 274 cm³/mol. The summed E-state index contributed by atoms with van der Waals surface area (Å²) in [7, 11) is 0. The van der Waals surface area contributed by atoms with Crippen LogP contribution in [0.4, 0.5) is 34.1 Å². The third kappa shape index (κ3) is 5.51. The van der Waals surface area contributed by atoms with Gasteiger partial charge >= 0.3 is 0 Å². The monoisotopic (exact) mass is 850 g/mol. The molecule has 0 saturated carbocycles. The molecule has 11 aromatic rings. The van der Waals surface area contributed by atoms with Gasteiger partial charge in [0.15, 0.2) is 0 Å². The molecule has 11 aromatic carbocycles. The molecule has 0 aromatic heterocycles. The van der Waals surface area contributed by atoms with E-state index in [2.05, 4.69) is 210 Å². The predicted octanol–water partition coefficient (Wildman–Crippen LogP) is 16.2. The molecule has 0 bridgehead atoms. The lowest BCUT2D eigenvalue weighted by Gasteiger charge is -2.34. The summed E-state index contributed by atoms with van der Waals surface area (Å²) in [6.45, 7) is 0. The van der Waals surface area contributed by atoms with Gasteiger partial charge in [-0.1, -0.05) is 152 Å². The Morgan fingerprint density at radius 1 is 0.313 bits per heavy atom. The molecule has 2 aliphatic rings. The number of rotatable bonds is 6. The van der Waals surface area contributed by atoms with Crippen LogP contribution >= 0.6 is 0 Å². The average Bonchev–Trinajstić information content (AvgIpc) is 3.88. The zero-order valence-electron chi connectivity index (χ0n) is 36.2. The highest BCUT2D eigenvalue weighted by Gasteiger charge is 2.54. The highest BCUT2D eigenvalue weighted by Crippen LogP contribution is 2.67. The maximum atomic E-state index is 10.2. The summed E-state index contributed by atoms with van der Waals surface area (Å²) < 4.78 is 0. The van der Waals surface area contributed by atoms with Gasteiger partial charge in [0.1, 0.15) is 0 Å². The van der Waals surface area contributed by atoms with Crippen LogP contribution in [0.5, 0.6) is 0 Å². The maximum Gasteiger partial charge on any atom is 0.0992 e. The summed E-state index contributed by atoms with van der Waals surface area (Å²) in [6.07, 6.45) is 0. The molecule has 67 heavy (non-hydrogen) atoms. The van der Waals surface area contributed by atoms with E-state index in [0.717, 1.165) is 44.9 Å². The third-order valence-electron chi connectivity index (χ3n) is 14.0. The topological polar surface area (TPSA) is 54.1 Å². The third-order valence-corrected chi connectivity index (χ3v) is 14.0. The van der Waals surface area contributed by atoms with E-state index in [1.807, 2.05) is 42.5 Å². The largest absolute Gasteiger partial charge is 0.310 e. The van der Waals surface area contributed by atoms with Crippen LogP contribution in [0.2, 0.25) is 0 Å². The average molecular weight is 851 g/mol. The second-order valence-corrected chi connectivity index (χ2v) is 17.4. The van der Waals surface area contributed by atoms with E-state index in [1.54, 1.807) is 0 Å². The van der Waals surface area contributed by atoms with Crippen molar-refractivity contribution in [2.24, 2.45) is 0 Å². The summed E-state index contributed by atoms with van der Waals surface area (Å²) >= 11 is 0. The van der Waals surface area contributed by atoms with Gasteiger partial charge in [0.05, 0.1) is 34.4 Å². The fraction of sp³-hybridized carbons (Fsp3) is 0.0159. The second kappa shape index (κ2) is 14.9. The van der Waals surface area contributed by atoms with Gasteiger partial charge in [0.2, 0.25) is 0 Å². The van der Waals surface area contributed by atoms with Crippen molar-refractivity contribution in [3.05, 3.63) is 264 Å². The standard InChI is InChI=1S/C63H38N4/c64-39-41-17-15-23-45(35-41)66(43-19-3-1-4-20-43)47-33-34-54-55(37-47)48-25-7-9-29-52(48)61-60-53-30-10-8-28-51(53)59(67(44-21-5-2-6-22-44)46-24-16-18-42(36-46)40-65)38-58(60)63(62(54)61)56-31-13-11-26-49(56)50-27-12-14-32-57(50)63/h1-38H. The minimum atomic E-state index is -0.711. The lowest BCUT2D eigenvalue weighted by Crippen LogP contribution is -2.26. The molecular formula is C63H38N4. The highest BCUT2D eigenvalue weighted by molar-refractivity contribution is 6.24. The first-order valence-corrected chi connectivity index (χ1v) is 22.6. The Bertz CT molecular complexity index is 3870. The second-order valence-electron chi connectivity index (χ2n) is 17.4. The molecular weight excluding hydrogens is 813 g/mol. The maximum absolute atomic E-state index is 10.2. The molecule has 0 heterocycles. The number of para-hydroxylation sites is 2. The normalized spacial score (nSPS) is 12.6. The Morgan fingerprint density at radius 3 is 1.40 bits per heavy atom. The van der Waals surface area contributed by atoms with Crippen LogP contribution in [-0.4, -0.2) is 0 Å². The highest BCUT2D eigenvalue weighted by atomic mass is 15.1. The number of anilines is 6. The molecule has 0 atom stereocenters. The van der Waals surface area contributed by atoms with E-state index in [9.17, 15) is 10.5 Å². The van der Waals surface area contributed by atoms with Crippen molar-refractivity contribution in [2.75, 3.05) is 9.80 Å². The fourth-order valence-corrected chi connectivity index (χ4v) is 11.5. The van der Waals surface area contributed by atoms with E-state index in [0.29, 0.717) is 11.1 Å². The van der Waals surface area contributed by atoms with Crippen molar-refractivity contribution in [3.8, 4) is 34.4 Å². The number of benzene rings is 11. The van der Waals surface area contributed by atoms with Crippen LogP contribution in [0.3, 0.4) is 0 Å². The molecule has 2 aliphatic carbocycles. The number of nitrogens with zero attached hydrogens (tertiary/aromatic N) is 4. The number of hydrogen-bond acceptors (Lipinski definition) is 4. The van der Waals surface area contributed by atoms with Crippen molar-refractivity contribution in [1.82, 2.24) is 0 Å². The Kier molecular flexibility index (Phi) is 8.52. The Labute approximate surface area is 388 Å². The van der Waals surface area contributed by atoms with Crippen LogP contribution in [0.15, 0.2) is 231 Å². The lowest BCUT2D eigenvalue weighted by molar-refractivity contribution is 0.802. The van der Waals surface area contributed by atoms with Gasteiger partial charge < -0.3 is 9.80 Å². The molecule has 0 amide bonds. The summed E-state index contributed by atoms with van der Waals surface area (Å²) in [4.78, 5) is 4.58. The van der Waals surface area contributed by atoms with Crippen LogP contribution < -0.4 is 9.80 Å². The van der Waals surface area contributed by atoms with Crippen molar-refractivity contribution in [3.63, 3.8) is 0 Å². The minimum absolute atomic E-state index is 0.604. The lowest BCUT2D eigenvalue weighted by atomic mass is 9.69. The molecule has 4 nitrogen and oxygen atoms in total. The Hall–Kier alpha value is -9.22. The number of fused-ring (bicyclic) bond motifs is 17. The van der Waals surface area contributed by atoms with Crippen molar-refractivity contribution < 1.29 is 0 Å². The van der Waals surface area contributed by atoms with Gasteiger partial charge in [-0.3, -0.25) is 0 Å². The zero-order chi connectivity index (χ0) is 44.6. The van der Waals surface area contributed by atoms with Gasteiger partial charge in [-0.2, -0.15) is 10.5 Å². The van der Waals surface area contributed by atoms with Crippen molar-refractivity contribution in [2.45, 2.75) is 5.41 Å². The van der Waals surface area contributed by atoms with E-state index >= 15 is 0 Å². The first-order valence-electron chi connectivity index (χ1n) is 22.6. The molecule has 0 radical (unpaired) electrons. The minimum Gasteiger partial charge on any atom is -0.310 e. The molecule has 0 saturated heterocycles. The van der Waals surface area contributed by atoms with Gasteiger partial charge in [0.25, 0.3) is 0 Å². The Balaban J connectivity index is 1.19. The summed E-state index contributed by atoms with van der Waals surface area (Å²) in [5, 5.41) is 27.2. The molecule has 13 rings (SSSR count). The van der Waals surface area contributed by atoms with Crippen LogP contribution in [0, 0.1) is 22.7 Å². The van der Waals surface area contributed by atoms with E-state index in [-0.39, 0.29) is 0 Å². The van der Waals surface area contributed by atoms with Crippen LogP contribution in [-0.2, 0) is 5.41 Å². The van der Waals surface area contributed by atoms with E-state index in [4.69, 9.17) is 0 Å². The summed E-state index contributed by atoms with van der Waals surface area (Å²) in [5.41, 5.74) is 16.4. The SMILES string of the molecule is N#Cc1cccc(N(c2ccccc2)c2ccc3c4c(c5ccccc5c3c2)-c2c(cc(N(c3ccccc3)c3cccc(C#N)c3)c3ccccc23)C42c3ccccc3-c3ccccc32)c1.